The number of carbonyl (C=O) groups is 1. The number of benzene rings is 1. The van der Waals surface area contributed by atoms with Crippen molar-refractivity contribution in [1.82, 2.24) is 0 Å². The van der Waals surface area contributed by atoms with Crippen molar-refractivity contribution < 1.29 is 22.9 Å². The predicted octanol–water partition coefficient (Wildman–Crippen LogP) is 2.01. The number of halogens is 2. The van der Waals surface area contributed by atoms with Gasteiger partial charge in [0.1, 0.15) is 9.73 Å². The molecule has 7 heteroatoms. The Morgan fingerprint density at radius 2 is 2.07 bits per heavy atom. The van der Waals surface area contributed by atoms with E-state index < -0.39 is 26.4 Å². The first-order valence-electron chi connectivity index (χ1n) is 3.75. The average Bonchev–Trinajstić information content (AvgIpc) is 2.17. The molecule has 0 amide bonds. The van der Waals surface area contributed by atoms with Crippen LogP contribution in [-0.4, -0.2) is 21.0 Å². The summed E-state index contributed by atoms with van der Waals surface area (Å²) in [5, 5.41) is 8.57. The standard InChI is InChI=1S/C8H7F2NO3S/c9-8(10)15(11,14)6-3-1-2-5(4-6)7(12)13/h1-4,8,11H,(H,12,13). The minimum Gasteiger partial charge on any atom is -0.478 e. The molecule has 0 saturated carbocycles. The van der Waals surface area contributed by atoms with Gasteiger partial charge in [-0.2, -0.15) is 8.78 Å². The Kier molecular flexibility index (Phi) is 3.04. The SMILES string of the molecule is N=S(=O)(c1cccc(C(=O)O)c1)C(F)F. The molecule has 15 heavy (non-hydrogen) atoms. The molecule has 0 radical (unpaired) electrons. The van der Waals surface area contributed by atoms with Crippen molar-refractivity contribution in [3.8, 4) is 0 Å². The zero-order valence-corrected chi connectivity index (χ0v) is 8.13. The van der Waals surface area contributed by atoms with E-state index in [1.54, 1.807) is 0 Å². The summed E-state index contributed by atoms with van der Waals surface area (Å²) < 4.78 is 42.6. The fourth-order valence-corrected chi connectivity index (χ4v) is 1.71. The maximum absolute atomic E-state index is 12.2. The van der Waals surface area contributed by atoms with Crippen LogP contribution in [0.25, 0.3) is 0 Å². The fourth-order valence-electron chi connectivity index (χ4n) is 0.921. The van der Waals surface area contributed by atoms with Gasteiger partial charge in [-0.15, -0.1) is 0 Å². The van der Waals surface area contributed by atoms with Crippen LogP contribution in [0.15, 0.2) is 29.2 Å². The molecule has 0 saturated heterocycles. The van der Waals surface area contributed by atoms with E-state index >= 15 is 0 Å². The number of nitrogens with one attached hydrogen (secondary N) is 1. The number of rotatable bonds is 3. The van der Waals surface area contributed by atoms with E-state index in [-0.39, 0.29) is 5.56 Å². The maximum atomic E-state index is 12.2. The van der Waals surface area contributed by atoms with Gasteiger partial charge in [-0.3, -0.25) is 0 Å². The van der Waals surface area contributed by atoms with E-state index in [9.17, 15) is 17.8 Å². The third-order valence-electron chi connectivity index (χ3n) is 1.68. The highest BCUT2D eigenvalue weighted by atomic mass is 32.2. The molecule has 82 valence electrons. The predicted molar refractivity (Wildman–Crippen MR) is 48.5 cm³/mol. The van der Waals surface area contributed by atoms with Gasteiger partial charge in [0.15, 0.2) is 0 Å². The molecule has 0 spiro atoms. The minimum absolute atomic E-state index is 0.270. The van der Waals surface area contributed by atoms with Gasteiger partial charge in [-0.05, 0) is 18.2 Å². The van der Waals surface area contributed by atoms with E-state index in [0.29, 0.717) is 0 Å². The summed E-state index contributed by atoms with van der Waals surface area (Å²) in [6.07, 6.45) is 0. The van der Waals surface area contributed by atoms with Crippen molar-refractivity contribution >= 4 is 15.7 Å². The summed E-state index contributed by atoms with van der Waals surface area (Å²) in [6.45, 7) is 0. The lowest BCUT2D eigenvalue weighted by Crippen LogP contribution is -2.10. The van der Waals surface area contributed by atoms with Gasteiger partial charge in [0.2, 0.25) is 0 Å². The molecule has 4 nitrogen and oxygen atoms in total. The molecule has 0 aliphatic heterocycles. The van der Waals surface area contributed by atoms with Crippen molar-refractivity contribution in [2.75, 3.05) is 0 Å². The third-order valence-corrected chi connectivity index (χ3v) is 3.14. The summed E-state index contributed by atoms with van der Waals surface area (Å²) >= 11 is 0. The van der Waals surface area contributed by atoms with Crippen molar-refractivity contribution in [1.29, 1.82) is 4.78 Å². The highest BCUT2D eigenvalue weighted by Crippen LogP contribution is 2.19. The van der Waals surface area contributed by atoms with Gasteiger partial charge in [0.05, 0.1) is 10.5 Å². The quantitative estimate of drug-likeness (QED) is 0.841. The summed E-state index contributed by atoms with van der Waals surface area (Å²) in [7, 11) is -4.23. The highest BCUT2D eigenvalue weighted by molar-refractivity contribution is 7.92. The monoisotopic (exact) mass is 235 g/mol. The summed E-state index contributed by atoms with van der Waals surface area (Å²) in [6, 6.07) is 4.22. The average molecular weight is 235 g/mol. The normalized spacial score (nSPS) is 14.9. The molecule has 0 bridgehead atoms. The topological polar surface area (TPSA) is 78.2 Å². The van der Waals surface area contributed by atoms with Crippen LogP contribution >= 0.6 is 0 Å². The van der Waals surface area contributed by atoms with E-state index in [1.807, 2.05) is 0 Å². The third kappa shape index (κ3) is 2.30. The number of alkyl halides is 2. The Balaban J connectivity index is 3.29. The maximum Gasteiger partial charge on any atom is 0.335 e. The van der Waals surface area contributed by atoms with Gasteiger partial charge in [-0.1, -0.05) is 6.07 Å². The summed E-state index contributed by atoms with van der Waals surface area (Å²) in [5.41, 5.74) is -0.270. The molecule has 2 N–H and O–H groups in total. The van der Waals surface area contributed by atoms with Crippen LogP contribution < -0.4 is 0 Å². The number of aromatic carboxylic acids is 1. The lowest BCUT2D eigenvalue weighted by molar-refractivity contribution is 0.0696. The smallest absolute Gasteiger partial charge is 0.335 e. The molecular formula is C8H7F2NO3S. The van der Waals surface area contributed by atoms with Crippen molar-refractivity contribution in [3.05, 3.63) is 29.8 Å². The number of carboxylic acid groups (broad SMARTS) is 1. The van der Waals surface area contributed by atoms with Crippen LogP contribution in [0.5, 0.6) is 0 Å². The van der Waals surface area contributed by atoms with Crippen LogP contribution in [0.1, 0.15) is 10.4 Å². The van der Waals surface area contributed by atoms with Gasteiger partial charge in [0, 0.05) is 0 Å². The van der Waals surface area contributed by atoms with Gasteiger partial charge in [-0.25, -0.2) is 13.8 Å². The number of hydrogen-bond donors (Lipinski definition) is 2. The second-order valence-corrected chi connectivity index (χ2v) is 4.72. The summed E-state index contributed by atoms with van der Waals surface area (Å²) in [5.74, 6) is -4.65. The first-order valence-corrected chi connectivity index (χ1v) is 5.37. The van der Waals surface area contributed by atoms with Gasteiger partial charge >= 0.3 is 11.7 Å². The second-order valence-electron chi connectivity index (χ2n) is 2.69. The molecule has 1 atom stereocenters. The Labute approximate surface area is 84.5 Å². The van der Waals surface area contributed by atoms with Crippen molar-refractivity contribution in [2.24, 2.45) is 0 Å². The molecule has 0 fully saturated rings. The lowest BCUT2D eigenvalue weighted by Gasteiger charge is -2.06. The fraction of sp³-hybridized carbons (Fsp3) is 0.125. The Hall–Kier alpha value is -1.50. The molecule has 0 aromatic heterocycles. The molecular weight excluding hydrogens is 228 g/mol. The van der Waals surface area contributed by atoms with E-state index in [0.717, 1.165) is 12.1 Å². The number of carboxylic acids is 1. The van der Waals surface area contributed by atoms with Gasteiger partial charge < -0.3 is 5.11 Å². The Morgan fingerprint density at radius 3 is 2.53 bits per heavy atom. The minimum atomic E-state index is -4.23. The molecule has 1 aromatic rings. The van der Waals surface area contributed by atoms with Crippen LogP contribution in [0, 0.1) is 4.78 Å². The van der Waals surface area contributed by atoms with Crippen LogP contribution in [-0.2, 0) is 9.73 Å². The van der Waals surface area contributed by atoms with Crippen molar-refractivity contribution in [2.45, 2.75) is 10.7 Å². The van der Waals surface area contributed by atoms with E-state index in [1.165, 1.54) is 12.1 Å². The van der Waals surface area contributed by atoms with Gasteiger partial charge in [0.25, 0.3) is 0 Å². The Bertz CT molecular complexity index is 484. The lowest BCUT2D eigenvalue weighted by atomic mass is 10.2. The zero-order chi connectivity index (χ0) is 11.6. The first-order chi connectivity index (χ1) is 6.85. The van der Waals surface area contributed by atoms with E-state index in [4.69, 9.17) is 9.89 Å². The van der Waals surface area contributed by atoms with E-state index in [2.05, 4.69) is 0 Å². The molecule has 0 aliphatic carbocycles. The highest BCUT2D eigenvalue weighted by Gasteiger charge is 2.22. The van der Waals surface area contributed by atoms with Crippen molar-refractivity contribution in [3.63, 3.8) is 0 Å². The van der Waals surface area contributed by atoms with Crippen LogP contribution in [0.2, 0.25) is 0 Å². The largest absolute Gasteiger partial charge is 0.478 e. The Morgan fingerprint density at radius 1 is 1.47 bits per heavy atom. The second kappa shape index (κ2) is 3.93. The summed E-state index contributed by atoms with van der Waals surface area (Å²) in [4.78, 5) is 10.0. The van der Waals surface area contributed by atoms with Crippen LogP contribution in [0.3, 0.4) is 0 Å². The number of hydrogen-bond acceptors (Lipinski definition) is 3. The molecule has 1 aromatic carbocycles. The first kappa shape index (κ1) is 11.6. The molecule has 0 aliphatic rings. The molecule has 1 rings (SSSR count). The van der Waals surface area contributed by atoms with Crippen LogP contribution in [0.4, 0.5) is 8.78 Å². The molecule has 0 heterocycles. The molecule has 1 unspecified atom stereocenters. The zero-order valence-electron chi connectivity index (χ0n) is 7.31.